The van der Waals surface area contributed by atoms with Crippen LogP contribution < -0.4 is 4.74 Å². The van der Waals surface area contributed by atoms with Gasteiger partial charge in [-0.2, -0.15) is 18.3 Å². The van der Waals surface area contributed by atoms with E-state index in [0.29, 0.717) is 10.8 Å². The van der Waals surface area contributed by atoms with Crippen LogP contribution in [0.4, 0.5) is 13.2 Å². The van der Waals surface area contributed by atoms with Crippen molar-refractivity contribution in [3.05, 3.63) is 64.3 Å². The average molecular weight is 397 g/mol. The molecule has 0 fully saturated rings. The first-order valence-corrected chi connectivity index (χ1v) is 8.52. The molecule has 3 rings (SSSR count). The van der Waals surface area contributed by atoms with Crippen LogP contribution in [0.15, 0.2) is 42.5 Å². The van der Waals surface area contributed by atoms with Crippen LogP contribution in [0.2, 0.25) is 5.02 Å². The molecule has 0 atom stereocenters. The molecule has 0 spiro atoms. The van der Waals surface area contributed by atoms with Crippen molar-refractivity contribution >= 4 is 11.6 Å². The normalized spacial score (nSPS) is 11.6. The quantitative estimate of drug-likeness (QED) is 0.590. The number of hydrogen-bond donors (Lipinski definition) is 2. The molecule has 2 N–H and O–H groups in total. The fourth-order valence-corrected chi connectivity index (χ4v) is 2.84. The summed E-state index contributed by atoms with van der Waals surface area (Å²) >= 11 is 5.83. The summed E-state index contributed by atoms with van der Waals surface area (Å²) in [5.41, 5.74) is 0.275. The molecule has 0 radical (unpaired) electrons. The lowest BCUT2D eigenvalue weighted by Gasteiger charge is -2.10. The summed E-state index contributed by atoms with van der Waals surface area (Å²) in [7, 11) is 0. The van der Waals surface area contributed by atoms with E-state index in [1.165, 1.54) is 12.1 Å². The van der Waals surface area contributed by atoms with E-state index in [1.54, 1.807) is 25.1 Å². The standard InChI is InChI=1S/C19H16ClF3N2O2/c1-2-14-17(24-25-18(14)19(21,22)23)15-8-7-13(9-16(15)26)27-10-11-3-5-12(20)6-4-11/h3-9,26H,2,10H2,1H3,(H,24,25). The number of rotatable bonds is 5. The number of alkyl halides is 3. The Hall–Kier alpha value is -2.67. The number of aromatic hydroxyl groups is 1. The van der Waals surface area contributed by atoms with Gasteiger partial charge >= 0.3 is 6.18 Å². The molecule has 1 heterocycles. The van der Waals surface area contributed by atoms with E-state index < -0.39 is 11.9 Å². The number of halogens is 4. The molecule has 0 amide bonds. The lowest BCUT2D eigenvalue weighted by atomic mass is 10.0. The van der Waals surface area contributed by atoms with Gasteiger partial charge in [0.25, 0.3) is 0 Å². The molecule has 8 heteroatoms. The summed E-state index contributed by atoms with van der Waals surface area (Å²) in [6, 6.07) is 11.5. The number of nitrogens with one attached hydrogen (secondary N) is 1. The number of aromatic amines is 1. The number of phenolic OH excluding ortho intramolecular Hbond substituents is 1. The third-order valence-corrected chi connectivity index (χ3v) is 4.30. The number of benzene rings is 2. The van der Waals surface area contributed by atoms with Gasteiger partial charge in [-0.3, -0.25) is 5.10 Å². The van der Waals surface area contributed by atoms with E-state index in [4.69, 9.17) is 16.3 Å². The highest BCUT2D eigenvalue weighted by molar-refractivity contribution is 6.30. The lowest BCUT2D eigenvalue weighted by Crippen LogP contribution is -2.08. The Kier molecular flexibility index (Phi) is 5.32. The second kappa shape index (κ2) is 7.52. The Morgan fingerprint density at radius 1 is 1.15 bits per heavy atom. The molecule has 3 aromatic rings. The molecule has 4 nitrogen and oxygen atoms in total. The van der Waals surface area contributed by atoms with Gasteiger partial charge in [0.1, 0.15) is 23.8 Å². The topological polar surface area (TPSA) is 58.1 Å². The van der Waals surface area contributed by atoms with Crippen LogP contribution in [0.3, 0.4) is 0 Å². The van der Waals surface area contributed by atoms with Crippen LogP contribution in [0, 0.1) is 0 Å². The van der Waals surface area contributed by atoms with Crippen LogP contribution >= 0.6 is 11.6 Å². The second-order valence-corrected chi connectivity index (χ2v) is 6.31. The number of phenols is 1. The number of ether oxygens (including phenoxy) is 1. The molecule has 0 unspecified atom stereocenters. The largest absolute Gasteiger partial charge is 0.507 e. The van der Waals surface area contributed by atoms with Gasteiger partial charge in [0, 0.05) is 22.2 Å². The van der Waals surface area contributed by atoms with Crippen LogP contribution in [0.5, 0.6) is 11.5 Å². The smallest absolute Gasteiger partial charge is 0.433 e. The lowest BCUT2D eigenvalue weighted by molar-refractivity contribution is -0.141. The molecule has 0 bridgehead atoms. The maximum Gasteiger partial charge on any atom is 0.433 e. The van der Waals surface area contributed by atoms with E-state index in [1.807, 2.05) is 17.2 Å². The van der Waals surface area contributed by atoms with Crippen LogP contribution in [-0.4, -0.2) is 15.3 Å². The van der Waals surface area contributed by atoms with Gasteiger partial charge in [-0.05, 0) is 36.2 Å². The highest BCUT2D eigenvalue weighted by atomic mass is 35.5. The number of nitrogens with zero attached hydrogens (tertiary/aromatic N) is 1. The van der Waals surface area contributed by atoms with Crippen molar-refractivity contribution in [1.82, 2.24) is 10.2 Å². The van der Waals surface area contributed by atoms with E-state index in [2.05, 4.69) is 5.10 Å². The Labute approximate surface area is 158 Å². The predicted molar refractivity (Wildman–Crippen MR) is 95.9 cm³/mol. The molecule has 1 aromatic heterocycles. The van der Waals surface area contributed by atoms with Crippen LogP contribution in [-0.2, 0) is 19.2 Å². The van der Waals surface area contributed by atoms with E-state index in [0.717, 1.165) is 5.56 Å². The third kappa shape index (κ3) is 4.19. The summed E-state index contributed by atoms with van der Waals surface area (Å²) in [5.74, 6) is 0.175. The number of hydrogen-bond acceptors (Lipinski definition) is 3. The van der Waals surface area contributed by atoms with Gasteiger partial charge in [-0.25, -0.2) is 0 Å². The monoisotopic (exact) mass is 396 g/mol. The van der Waals surface area contributed by atoms with Crippen LogP contribution in [0.25, 0.3) is 11.3 Å². The van der Waals surface area contributed by atoms with Crippen molar-refractivity contribution in [2.45, 2.75) is 26.1 Å². The Morgan fingerprint density at radius 2 is 1.85 bits per heavy atom. The van der Waals surface area contributed by atoms with E-state index in [-0.39, 0.29) is 35.6 Å². The summed E-state index contributed by atoms with van der Waals surface area (Å²) in [5, 5.41) is 16.7. The first kappa shape index (κ1) is 19.1. The highest BCUT2D eigenvalue weighted by Crippen LogP contribution is 2.39. The highest BCUT2D eigenvalue weighted by Gasteiger charge is 2.37. The molecular formula is C19H16ClF3N2O2. The number of H-pyrrole nitrogens is 1. The molecule has 0 aliphatic heterocycles. The predicted octanol–water partition coefficient (Wildman–Crippen LogP) is 5.60. The summed E-state index contributed by atoms with van der Waals surface area (Å²) in [6.07, 6.45) is -4.41. The van der Waals surface area contributed by atoms with Gasteiger partial charge in [0.15, 0.2) is 0 Å². The third-order valence-electron chi connectivity index (χ3n) is 4.05. The van der Waals surface area contributed by atoms with E-state index in [9.17, 15) is 18.3 Å². The average Bonchev–Trinajstić information content (AvgIpc) is 3.05. The van der Waals surface area contributed by atoms with Gasteiger partial charge < -0.3 is 9.84 Å². The molecule has 0 aliphatic carbocycles. The first-order valence-electron chi connectivity index (χ1n) is 8.14. The van der Waals surface area contributed by atoms with Crippen LogP contribution in [0.1, 0.15) is 23.7 Å². The zero-order valence-corrected chi connectivity index (χ0v) is 15.0. The zero-order chi connectivity index (χ0) is 19.6. The SMILES string of the molecule is CCc1c(-c2ccc(OCc3ccc(Cl)cc3)cc2O)n[nH]c1C(F)(F)F. The fraction of sp³-hybridized carbons (Fsp3) is 0.211. The summed E-state index contributed by atoms with van der Waals surface area (Å²) < 4.78 is 44.8. The first-order chi connectivity index (χ1) is 12.8. The number of aromatic nitrogens is 2. The maximum absolute atomic E-state index is 13.1. The summed E-state index contributed by atoms with van der Waals surface area (Å²) in [6.45, 7) is 1.86. The Bertz CT molecular complexity index is 937. The van der Waals surface area contributed by atoms with Crippen molar-refractivity contribution in [2.24, 2.45) is 0 Å². The van der Waals surface area contributed by atoms with Crippen molar-refractivity contribution in [3.63, 3.8) is 0 Å². The van der Waals surface area contributed by atoms with Crippen molar-refractivity contribution in [3.8, 4) is 22.8 Å². The maximum atomic E-state index is 13.1. The Balaban J connectivity index is 1.83. The molecule has 2 aromatic carbocycles. The van der Waals surface area contributed by atoms with Crippen molar-refractivity contribution < 1.29 is 23.0 Å². The molecule has 0 aliphatic rings. The van der Waals surface area contributed by atoms with Crippen molar-refractivity contribution in [1.29, 1.82) is 0 Å². The fourth-order valence-electron chi connectivity index (χ4n) is 2.72. The second-order valence-electron chi connectivity index (χ2n) is 5.87. The summed E-state index contributed by atoms with van der Waals surface area (Å²) in [4.78, 5) is 0. The van der Waals surface area contributed by atoms with Gasteiger partial charge in [0.2, 0.25) is 0 Å². The van der Waals surface area contributed by atoms with Gasteiger partial charge in [0.05, 0.1) is 5.69 Å². The minimum absolute atomic E-state index is 0.00707. The minimum Gasteiger partial charge on any atom is -0.507 e. The molecule has 0 saturated heterocycles. The van der Waals surface area contributed by atoms with E-state index >= 15 is 0 Å². The van der Waals surface area contributed by atoms with Crippen molar-refractivity contribution in [2.75, 3.05) is 0 Å². The minimum atomic E-state index is -4.53. The zero-order valence-electron chi connectivity index (χ0n) is 14.3. The van der Waals surface area contributed by atoms with Gasteiger partial charge in [-0.1, -0.05) is 30.7 Å². The molecular weight excluding hydrogens is 381 g/mol. The van der Waals surface area contributed by atoms with Gasteiger partial charge in [-0.15, -0.1) is 0 Å². The molecule has 27 heavy (non-hydrogen) atoms. The molecule has 142 valence electrons. The Morgan fingerprint density at radius 3 is 2.44 bits per heavy atom. The molecule has 0 saturated carbocycles.